The van der Waals surface area contributed by atoms with E-state index in [0.717, 1.165) is 11.3 Å². The maximum Gasteiger partial charge on any atom is 0.488 e. The summed E-state index contributed by atoms with van der Waals surface area (Å²) in [6.45, 7) is 8.62. The summed E-state index contributed by atoms with van der Waals surface area (Å²) in [4.78, 5) is 0. The van der Waals surface area contributed by atoms with Crippen LogP contribution in [0, 0.1) is 27.7 Å². The molecule has 110 valence electrons. The standard InChI is InChI=1S/C17H21BO3/c1-11-7-12(2)16(13(3)8-11)10-21-15-5-6-17(18(19)20)14(4)9-15/h5-9,19-20H,10H2,1-4H3. The van der Waals surface area contributed by atoms with Crippen molar-refractivity contribution >= 4 is 12.6 Å². The summed E-state index contributed by atoms with van der Waals surface area (Å²) < 4.78 is 5.85. The molecule has 0 fully saturated rings. The van der Waals surface area contributed by atoms with E-state index in [1.807, 2.05) is 13.0 Å². The van der Waals surface area contributed by atoms with Crippen LogP contribution in [0.4, 0.5) is 0 Å². The van der Waals surface area contributed by atoms with Crippen LogP contribution in [0.2, 0.25) is 0 Å². The van der Waals surface area contributed by atoms with Gasteiger partial charge in [0, 0.05) is 0 Å². The predicted molar refractivity (Wildman–Crippen MR) is 86.0 cm³/mol. The summed E-state index contributed by atoms with van der Waals surface area (Å²) >= 11 is 0. The van der Waals surface area contributed by atoms with Crippen molar-refractivity contribution in [1.82, 2.24) is 0 Å². The number of aryl methyl sites for hydroxylation is 4. The average Bonchev–Trinajstić information content (AvgIpc) is 2.36. The van der Waals surface area contributed by atoms with Crippen molar-refractivity contribution in [3.8, 4) is 5.75 Å². The van der Waals surface area contributed by atoms with Gasteiger partial charge in [-0.15, -0.1) is 0 Å². The number of hydrogen-bond acceptors (Lipinski definition) is 3. The summed E-state index contributed by atoms with van der Waals surface area (Å²) in [5, 5.41) is 18.4. The zero-order valence-electron chi connectivity index (χ0n) is 13.0. The largest absolute Gasteiger partial charge is 0.489 e. The van der Waals surface area contributed by atoms with Gasteiger partial charge in [0.15, 0.2) is 0 Å². The molecule has 2 N–H and O–H groups in total. The maximum atomic E-state index is 9.22. The fraction of sp³-hybridized carbons (Fsp3) is 0.294. The Morgan fingerprint density at radius 2 is 1.52 bits per heavy atom. The number of rotatable bonds is 4. The Morgan fingerprint density at radius 1 is 0.905 bits per heavy atom. The van der Waals surface area contributed by atoms with Crippen LogP contribution in [0.15, 0.2) is 30.3 Å². The first-order valence-corrected chi connectivity index (χ1v) is 7.04. The molecule has 0 amide bonds. The molecule has 4 heteroatoms. The van der Waals surface area contributed by atoms with Crippen molar-refractivity contribution in [2.24, 2.45) is 0 Å². The summed E-state index contributed by atoms with van der Waals surface area (Å²) in [7, 11) is -1.44. The van der Waals surface area contributed by atoms with Crippen molar-refractivity contribution in [3.05, 3.63) is 58.1 Å². The van der Waals surface area contributed by atoms with E-state index < -0.39 is 7.12 Å². The summed E-state index contributed by atoms with van der Waals surface area (Å²) in [6, 6.07) is 9.59. The third-order valence-corrected chi connectivity index (χ3v) is 3.74. The first-order chi connectivity index (χ1) is 9.88. The Morgan fingerprint density at radius 3 is 2.05 bits per heavy atom. The van der Waals surface area contributed by atoms with Crippen molar-refractivity contribution in [3.63, 3.8) is 0 Å². The lowest BCUT2D eigenvalue weighted by molar-refractivity contribution is 0.304. The second kappa shape index (κ2) is 6.33. The van der Waals surface area contributed by atoms with Gasteiger partial charge in [-0.3, -0.25) is 0 Å². The van der Waals surface area contributed by atoms with Crippen molar-refractivity contribution in [2.75, 3.05) is 0 Å². The predicted octanol–water partition coefficient (Wildman–Crippen LogP) is 2.18. The Labute approximate surface area is 126 Å². The molecule has 0 aliphatic heterocycles. The van der Waals surface area contributed by atoms with Gasteiger partial charge in [-0.1, -0.05) is 23.8 Å². The fourth-order valence-electron chi connectivity index (χ4n) is 2.62. The highest BCUT2D eigenvalue weighted by Gasteiger charge is 2.14. The molecule has 0 unspecified atom stereocenters. The Balaban J connectivity index is 2.16. The number of benzene rings is 2. The molecule has 21 heavy (non-hydrogen) atoms. The van der Waals surface area contributed by atoms with Gasteiger partial charge in [0.1, 0.15) is 12.4 Å². The Bertz CT molecular complexity index is 627. The van der Waals surface area contributed by atoms with Crippen LogP contribution in [-0.2, 0) is 6.61 Å². The molecule has 3 nitrogen and oxygen atoms in total. The Hall–Kier alpha value is -1.78. The average molecular weight is 284 g/mol. The molecule has 0 saturated carbocycles. The summed E-state index contributed by atoms with van der Waals surface area (Å²) in [5.74, 6) is 0.733. The van der Waals surface area contributed by atoms with E-state index in [-0.39, 0.29) is 0 Å². The van der Waals surface area contributed by atoms with Gasteiger partial charge in [0.05, 0.1) is 0 Å². The van der Waals surface area contributed by atoms with Crippen LogP contribution in [0.5, 0.6) is 5.75 Å². The highest BCUT2D eigenvalue weighted by molar-refractivity contribution is 6.59. The maximum absolute atomic E-state index is 9.22. The minimum absolute atomic E-state index is 0.505. The lowest BCUT2D eigenvalue weighted by Gasteiger charge is -2.14. The van der Waals surface area contributed by atoms with Gasteiger partial charge in [-0.25, -0.2) is 0 Å². The minimum atomic E-state index is -1.44. The van der Waals surface area contributed by atoms with E-state index in [0.29, 0.717) is 12.1 Å². The van der Waals surface area contributed by atoms with Crippen LogP contribution in [0.25, 0.3) is 0 Å². The van der Waals surface area contributed by atoms with Crippen LogP contribution in [0.3, 0.4) is 0 Å². The number of ether oxygens (including phenoxy) is 1. The number of hydrogen-bond donors (Lipinski definition) is 2. The molecule has 0 radical (unpaired) electrons. The van der Waals surface area contributed by atoms with Crippen LogP contribution < -0.4 is 10.2 Å². The lowest BCUT2D eigenvalue weighted by Crippen LogP contribution is -2.31. The second-order valence-electron chi connectivity index (χ2n) is 5.56. The Kier molecular flexibility index (Phi) is 4.71. The SMILES string of the molecule is Cc1cc(C)c(COc2ccc(B(O)O)c(C)c2)c(C)c1. The third kappa shape index (κ3) is 3.66. The normalized spacial score (nSPS) is 10.6. The molecule has 0 bridgehead atoms. The molecule has 2 rings (SSSR count). The zero-order valence-corrected chi connectivity index (χ0v) is 13.0. The molecule has 0 atom stereocenters. The molecule has 2 aromatic carbocycles. The molecule has 0 saturated heterocycles. The van der Waals surface area contributed by atoms with Crippen molar-refractivity contribution in [2.45, 2.75) is 34.3 Å². The van der Waals surface area contributed by atoms with Crippen LogP contribution >= 0.6 is 0 Å². The van der Waals surface area contributed by atoms with Gasteiger partial charge in [-0.05, 0) is 67.5 Å². The molecular weight excluding hydrogens is 263 g/mol. The van der Waals surface area contributed by atoms with Crippen molar-refractivity contribution in [1.29, 1.82) is 0 Å². The molecule has 0 spiro atoms. The third-order valence-electron chi connectivity index (χ3n) is 3.74. The smallest absolute Gasteiger partial charge is 0.488 e. The van der Waals surface area contributed by atoms with Gasteiger partial charge in [0.25, 0.3) is 0 Å². The lowest BCUT2D eigenvalue weighted by atomic mass is 9.77. The van der Waals surface area contributed by atoms with E-state index in [1.54, 1.807) is 12.1 Å². The topological polar surface area (TPSA) is 49.7 Å². The van der Waals surface area contributed by atoms with Crippen molar-refractivity contribution < 1.29 is 14.8 Å². The van der Waals surface area contributed by atoms with E-state index in [1.165, 1.54) is 22.3 Å². The molecule has 0 aromatic heterocycles. The monoisotopic (exact) mass is 284 g/mol. The van der Waals surface area contributed by atoms with Crippen LogP contribution in [-0.4, -0.2) is 17.2 Å². The summed E-state index contributed by atoms with van der Waals surface area (Å²) in [6.07, 6.45) is 0. The molecule has 0 aliphatic carbocycles. The van der Waals surface area contributed by atoms with E-state index in [4.69, 9.17) is 4.74 Å². The second-order valence-corrected chi connectivity index (χ2v) is 5.56. The minimum Gasteiger partial charge on any atom is -0.489 e. The highest BCUT2D eigenvalue weighted by Crippen LogP contribution is 2.19. The molecule has 2 aromatic rings. The summed E-state index contributed by atoms with van der Waals surface area (Å²) in [5.41, 5.74) is 6.22. The van der Waals surface area contributed by atoms with Crippen LogP contribution in [0.1, 0.15) is 27.8 Å². The van der Waals surface area contributed by atoms with E-state index in [9.17, 15) is 10.0 Å². The first kappa shape index (κ1) is 15.6. The zero-order chi connectivity index (χ0) is 15.6. The molecular formula is C17H21BO3. The molecule has 0 heterocycles. The van der Waals surface area contributed by atoms with Gasteiger partial charge in [-0.2, -0.15) is 0 Å². The first-order valence-electron chi connectivity index (χ1n) is 7.04. The molecule has 0 aliphatic rings. The van der Waals surface area contributed by atoms with Gasteiger partial charge < -0.3 is 14.8 Å². The quantitative estimate of drug-likeness (QED) is 0.846. The van der Waals surface area contributed by atoms with Gasteiger partial charge in [0.2, 0.25) is 0 Å². The fourth-order valence-corrected chi connectivity index (χ4v) is 2.62. The van der Waals surface area contributed by atoms with Gasteiger partial charge >= 0.3 is 7.12 Å². The highest BCUT2D eigenvalue weighted by atomic mass is 16.5. The van der Waals surface area contributed by atoms with E-state index in [2.05, 4.69) is 32.9 Å². The van der Waals surface area contributed by atoms with E-state index >= 15 is 0 Å².